The van der Waals surface area contributed by atoms with Gasteiger partial charge in [0.25, 0.3) is 6.01 Å². The second kappa shape index (κ2) is 4.85. The lowest BCUT2D eigenvalue weighted by Crippen LogP contribution is -2.09. The molecule has 0 spiro atoms. The molecule has 0 unspecified atom stereocenters. The monoisotopic (exact) mass is 269 g/mol. The fraction of sp³-hybridized carbons (Fsp3) is 0.364. The zero-order valence-electron chi connectivity index (χ0n) is 10.0. The van der Waals surface area contributed by atoms with Crippen LogP contribution in [0.1, 0.15) is 6.42 Å². The van der Waals surface area contributed by atoms with Crippen molar-refractivity contribution in [2.45, 2.75) is 6.42 Å². The lowest BCUT2D eigenvalue weighted by molar-refractivity contribution is 0.597. The molecule has 0 atom stereocenters. The molecule has 0 radical (unpaired) electrons. The highest BCUT2D eigenvalue weighted by Crippen LogP contribution is 2.20. The van der Waals surface area contributed by atoms with Crippen molar-refractivity contribution in [3.8, 4) is 0 Å². The molecule has 0 saturated carbocycles. The molecule has 1 aromatic carbocycles. The number of hydrogen-bond acceptors (Lipinski definition) is 6. The zero-order chi connectivity index (χ0) is 13.2. The number of fused-ring (bicyclic) bond motifs is 1. The molecule has 18 heavy (non-hydrogen) atoms. The van der Waals surface area contributed by atoms with Crippen molar-refractivity contribution < 1.29 is 12.8 Å². The van der Waals surface area contributed by atoms with Crippen molar-refractivity contribution in [3.63, 3.8) is 0 Å². The van der Waals surface area contributed by atoms with Gasteiger partial charge in [0.05, 0.1) is 5.75 Å². The van der Waals surface area contributed by atoms with Crippen LogP contribution in [0, 0.1) is 0 Å². The lowest BCUT2D eigenvalue weighted by Gasteiger charge is -1.99. The van der Waals surface area contributed by atoms with E-state index in [1.165, 1.54) is 6.26 Å². The van der Waals surface area contributed by atoms with E-state index >= 15 is 0 Å². The topological polar surface area (TPSA) is 98.2 Å². The average molecular weight is 269 g/mol. The standard InChI is InChI=1S/C11H15N3O3S/c1-18(15,16)6-2-5-13-11-14-9-7-8(12)3-4-10(9)17-11/h3-4,7H,2,5-6,12H2,1H3,(H,13,14). The second-order valence-electron chi connectivity index (χ2n) is 4.16. The van der Waals surface area contributed by atoms with E-state index in [-0.39, 0.29) is 5.75 Å². The van der Waals surface area contributed by atoms with Gasteiger partial charge in [0.1, 0.15) is 15.4 Å². The van der Waals surface area contributed by atoms with Gasteiger partial charge in [0.2, 0.25) is 0 Å². The summed E-state index contributed by atoms with van der Waals surface area (Å²) in [5.41, 5.74) is 7.59. The zero-order valence-corrected chi connectivity index (χ0v) is 10.8. The molecular formula is C11H15N3O3S. The van der Waals surface area contributed by atoms with Gasteiger partial charge in [-0.2, -0.15) is 4.98 Å². The molecule has 0 amide bonds. The summed E-state index contributed by atoms with van der Waals surface area (Å²) in [4.78, 5) is 4.20. The van der Waals surface area contributed by atoms with Crippen molar-refractivity contribution in [2.75, 3.05) is 29.6 Å². The fourth-order valence-electron chi connectivity index (χ4n) is 1.55. The predicted octanol–water partition coefficient (Wildman–Crippen LogP) is 1.26. The Bertz CT molecular complexity index is 649. The van der Waals surface area contributed by atoms with E-state index in [4.69, 9.17) is 10.2 Å². The maximum atomic E-state index is 10.9. The van der Waals surface area contributed by atoms with Crippen molar-refractivity contribution in [1.82, 2.24) is 4.98 Å². The Hall–Kier alpha value is -1.76. The molecule has 3 N–H and O–H groups in total. The summed E-state index contributed by atoms with van der Waals surface area (Å²) in [5.74, 6) is 0.146. The highest BCUT2D eigenvalue weighted by molar-refractivity contribution is 7.90. The summed E-state index contributed by atoms with van der Waals surface area (Å²) < 4.78 is 27.3. The Kier molecular flexibility index (Phi) is 3.42. The molecule has 1 aromatic heterocycles. The highest BCUT2D eigenvalue weighted by Gasteiger charge is 2.06. The number of anilines is 2. The molecule has 0 saturated heterocycles. The number of oxazole rings is 1. The van der Waals surface area contributed by atoms with Crippen molar-refractivity contribution >= 4 is 32.6 Å². The third-order valence-electron chi connectivity index (χ3n) is 2.38. The molecule has 1 heterocycles. The predicted molar refractivity (Wildman–Crippen MR) is 71.2 cm³/mol. The Morgan fingerprint density at radius 1 is 1.44 bits per heavy atom. The van der Waals surface area contributed by atoms with Crippen LogP contribution in [0.3, 0.4) is 0 Å². The molecule has 6 nitrogen and oxygen atoms in total. The van der Waals surface area contributed by atoms with Gasteiger partial charge in [0, 0.05) is 18.5 Å². The minimum absolute atomic E-state index is 0.146. The van der Waals surface area contributed by atoms with Gasteiger partial charge >= 0.3 is 0 Å². The molecule has 0 fully saturated rings. The van der Waals surface area contributed by atoms with Crippen LogP contribution in [0.2, 0.25) is 0 Å². The number of nitrogens with two attached hydrogens (primary N) is 1. The number of hydrogen-bond donors (Lipinski definition) is 2. The Morgan fingerprint density at radius 2 is 2.22 bits per heavy atom. The number of rotatable bonds is 5. The Balaban J connectivity index is 1.96. The van der Waals surface area contributed by atoms with Gasteiger partial charge in [0.15, 0.2) is 5.58 Å². The second-order valence-corrected chi connectivity index (χ2v) is 6.42. The SMILES string of the molecule is CS(=O)(=O)CCCNc1nc2cc(N)ccc2o1. The number of nitrogens with zero attached hydrogens (tertiary/aromatic N) is 1. The maximum Gasteiger partial charge on any atom is 0.295 e. The van der Waals surface area contributed by atoms with E-state index in [1.54, 1.807) is 18.2 Å². The highest BCUT2D eigenvalue weighted by atomic mass is 32.2. The molecule has 0 aliphatic carbocycles. The summed E-state index contributed by atoms with van der Waals surface area (Å²) in [5, 5.41) is 2.94. The normalized spacial score (nSPS) is 11.8. The number of nitrogens with one attached hydrogen (secondary N) is 1. The lowest BCUT2D eigenvalue weighted by atomic mass is 10.3. The molecule has 0 bridgehead atoms. The van der Waals surface area contributed by atoms with E-state index < -0.39 is 9.84 Å². The number of aromatic nitrogens is 1. The van der Waals surface area contributed by atoms with Crippen molar-refractivity contribution in [1.29, 1.82) is 0 Å². The minimum atomic E-state index is -2.92. The number of nitrogen functional groups attached to an aromatic ring is 1. The van der Waals surface area contributed by atoms with Gasteiger partial charge < -0.3 is 15.5 Å². The number of benzene rings is 1. The van der Waals surface area contributed by atoms with Gasteiger partial charge in [-0.3, -0.25) is 0 Å². The molecule has 2 aromatic rings. The summed E-state index contributed by atoms with van der Waals surface area (Å²) >= 11 is 0. The number of sulfone groups is 1. The molecule has 0 aliphatic heterocycles. The van der Waals surface area contributed by atoms with Crippen LogP contribution in [0.15, 0.2) is 22.6 Å². The van der Waals surface area contributed by atoms with Crippen LogP contribution in [0.4, 0.5) is 11.7 Å². The van der Waals surface area contributed by atoms with Crippen LogP contribution in [-0.2, 0) is 9.84 Å². The first-order valence-electron chi connectivity index (χ1n) is 5.52. The van der Waals surface area contributed by atoms with Crippen LogP contribution in [-0.4, -0.2) is 32.0 Å². The fourth-order valence-corrected chi connectivity index (χ4v) is 2.22. The van der Waals surface area contributed by atoms with Crippen LogP contribution in [0.5, 0.6) is 0 Å². The summed E-state index contributed by atoms with van der Waals surface area (Å²) in [6, 6.07) is 5.59. The summed E-state index contributed by atoms with van der Waals surface area (Å²) in [6.45, 7) is 0.495. The van der Waals surface area contributed by atoms with E-state index in [0.717, 1.165) is 0 Å². The first kappa shape index (κ1) is 12.7. The molecule has 98 valence electrons. The van der Waals surface area contributed by atoms with Gasteiger partial charge in [-0.05, 0) is 24.6 Å². The quantitative estimate of drug-likeness (QED) is 0.626. The van der Waals surface area contributed by atoms with Crippen LogP contribution in [0.25, 0.3) is 11.1 Å². The minimum Gasteiger partial charge on any atom is -0.424 e. The van der Waals surface area contributed by atoms with Gasteiger partial charge in [-0.1, -0.05) is 0 Å². The first-order valence-corrected chi connectivity index (χ1v) is 7.58. The maximum absolute atomic E-state index is 10.9. The average Bonchev–Trinajstić information content (AvgIpc) is 2.65. The van der Waals surface area contributed by atoms with Crippen LogP contribution < -0.4 is 11.1 Å². The van der Waals surface area contributed by atoms with Crippen molar-refractivity contribution in [3.05, 3.63) is 18.2 Å². The summed E-state index contributed by atoms with van der Waals surface area (Å²) in [6.07, 6.45) is 1.73. The van der Waals surface area contributed by atoms with Gasteiger partial charge in [-0.25, -0.2) is 8.42 Å². The van der Waals surface area contributed by atoms with E-state index in [0.29, 0.717) is 35.8 Å². The molecule has 0 aliphatic rings. The first-order chi connectivity index (χ1) is 8.44. The van der Waals surface area contributed by atoms with E-state index in [9.17, 15) is 8.42 Å². The Labute approximate surface area is 105 Å². The van der Waals surface area contributed by atoms with Crippen LogP contribution >= 0.6 is 0 Å². The molecule has 7 heteroatoms. The smallest absolute Gasteiger partial charge is 0.295 e. The summed E-state index contributed by atoms with van der Waals surface area (Å²) in [7, 11) is -2.92. The molecular weight excluding hydrogens is 254 g/mol. The van der Waals surface area contributed by atoms with Gasteiger partial charge in [-0.15, -0.1) is 0 Å². The van der Waals surface area contributed by atoms with Crippen molar-refractivity contribution in [2.24, 2.45) is 0 Å². The Morgan fingerprint density at radius 3 is 2.94 bits per heavy atom. The van der Waals surface area contributed by atoms with E-state index in [1.807, 2.05) is 0 Å². The molecule has 2 rings (SSSR count). The third kappa shape index (κ3) is 3.36. The largest absolute Gasteiger partial charge is 0.424 e. The van der Waals surface area contributed by atoms with E-state index in [2.05, 4.69) is 10.3 Å². The third-order valence-corrected chi connectivity index (χ3v) is 3.41.